The fraction of sp³-hybridized carbons (Fsp3) is 0.214. The summed E-state index contributed by atoms with van der Waals surface area (Å²) < 4.78 is 5.68. The van der Waals surface area contributed by atoms with Crippen LogP contribution in [0.15, 0.2) is 53.7 Å². The molecule has 18 heavy (non-hydrogen) atoms. The fourth-order valence-electron chi connectivity index (χ4n) is 1.52. The second-order valence-corrected chi connectivity index (χ2v) is 4.90. The standard InChI is InChI=1S/C14H16N2OS/c15-11-12-2-1-3-13(10-12)17-8-9-18-14-4-6-16-7-5-14/h1-7,10H,8-9,11,15H2. The van der Waals surface area contributed by atoms with Gasteiger partial charge in [0.2, 0.25) is 0 Å². The third-order valence-corrected chi connectivity index (χ3v) is 3.38. The van der Waals surface area contributed by atoms with Crippen LogP contribution < -0.4 is 10.5 Å². The van der Waals surface area contributed by atoms with Crippen LogP contribution in [0.4, 0.5) is 0 Å². The van der Waals surface area contributed by atoms with Gasteiger partial charge in [0, 0.05) is 29.6 Å². The molecule has 0 unspecified atom stereocenters. The van der Waals surface area contributed by atoms with Gasteiger partial charge in [0.15, 0.2) is 0 Å². The van der Waals surface area contributed by atoms with Gasteiger partial charge in [-0.2, -0.15) is 0 Å². The van der Waals surface area contributed by atoms with Crippen molar-refractivity contribution in [2.75, 3.05) is 12.4 Å². The molecule has 0 saturated heterocycles. The first-order valence-corrected chi connectivity index (χ1v) is 6.81. The van der Waals surface area contributed by atoms with Crippen LogP contribution in [0.25, 0.3) is 0 Å². The number of hydrogen-bond donors (Lipinski definition) is 1. The van der Waals surface area contributed by atoms with Crippen molar-refractivity contribution in [1.82, 2.24) is 4.98 Å². The van der Waals surface area contributed by atoms with E-state index in [1.165, 1.54) is 4.90 Å². The summed E-state index contributed by atoms with van der Waals surface area (Å²) in [6.07, 6.45) is 3.60. The molecule has 1 aromatic heterocycles. The first-order chi connectivity index (χ1) is 8.88. The van der Waals surface area contributed by atoms with E-state index in [0.717, 1.165) is 17.1 Å². The predicted octanol–water partition coefficient (Wildman–Crippen LogP) is 2.71. The van der Waals surface area contributed by atoms with Crippen LogP contribution in [0.2, 0.25) is 0 Å². The van der Waals surface area contributed by atoms with Gasteiger partial charge in [-0.15, -0.1) is 11.8 Å². The molecule has 0 aliphatic rings. The maximum absolute atomic E-state index is 5.68. The highest BCUT2D eigenvalue weighted by Crippen LogP contribution is 2.17. The molecule has 0 bridgehead atoms. The lowest BCUT2D eigenvalue weighted by molar-refractivity contribution is 0.343. The molecule has 0 aliphatic carbocycles. The molecule has 2 N–H and O–H groups in total. The summed E-state index contributed by atoms with van der Waals surface area (Å²) in [6, 6.07) is 11.9. The average Bonchev–Trinajstić information content (AvgIpc) is 2.45. The predicted molar refractivity (Wildman–Crippen MR) is 74.8 cm³/mol. The second-order valence-electron chi connectivity index (χ2n) is 3.73. The van der Waals surface area contributed by atoms with Crippen molar-refractivity contribution in [1.29, 1.82) is 0 Å². The summed E-state index contributed by atoms with van der Waals surface area (Å²) in [4.78, 5) is 5.20. The van der Waals surface area contributed by atoms with Crippen LogP contribution in [-0.2, 0) is 6.54 Å². The van der Waals surface area contributed by atoms with Crippen LogP contribution in [0.3, 0.4) is 0 Å². The smallest absolute Gasteiger partial charge is 0.119 e. The van der Waals surface area contributed by atoms with E-state index in [-0.39, 0.29) is 0 Å². The van der Waals surface area contributed by atoms with E-state index < -0.39 is 0 Å². The lowest BCUT2D eigenvalue weighted by Gasteiger charge is -2.07. The molecule has 0 spiro atoms. The van der Waals surface area contributed by atoms with Gasteiger partial charge in [-0.25, -0.2) is 0 Å². The summed E-state index contributed by atoms with van der Waals surface area (Å²) in [5.41, 5.74) is 6.68. The number of ether oxygens (including phenoxy) is 1. The van der Waals surface area contributed by atoms with Crippen molar-refractivity contribution < 1.29 is 4.74 Å². The number of rotatable bonds is 6. The second kappa shape index (κ2) is 7.03. The molecule has 0 atom stereocenters. The summed E-state index contributed by atoms with van der Waals surface area (Å²) in [7, 11) is 0. The minimum absolute atomic E-state index is 0.545. The van der Waals surface area contributed by atoms with Gasteiger partial charge < -0.3 is 10.5 Å². The van der Waals surface area contributed by atoms with Gasteiger partial charge in [0.05, 0.1) is 6.61 Å². The van der Waals surface area contributed by atoms with Crippen LogP contribution in [0.1, 0.15) is 5.56 Å². The molecule has 1 heterocycles. The highest BCUT2D eigenvalue weighted by Gasteiger charge is 1.97. The highest BCUT2D eigenvalue weighted by molar-refractivity contribution is 7.99. The maximum Gasteiger partial charge on any atom is 0.119 e. The molecule has 94 valence electrons. The summed E-state index contributed by atoms with van der Waals surface area (Å²) >= 11 is 1.76. The molecular weight excluding hydrogens is 244 g/mol. The number of hydrogen-bond acceptors (Lipinski definition) is 4. The number of nitrogens with two attached hydrogens (primary N) is 1. The van der Waals surface area contributed by atoms with Crippen LogP contribution in [0.5, 0.6) is 5.75 Å². The molecular formula is C14H16N2OS. The number of pyridine rings is 1. The Kier molecular flexibility index (Phi) is 5.05. The molecule has 1 aromatic carbocycles. The lowest BCUT2D eigenvalue weighted by atomic mass is 10.2. The lowest BCUT2D eigenvalue weighted by Crippen LogP contribution is -2.01. The summed E-state index contributed by atoms with van der Waals surface area (Å²) in [6.45, 7) is 1.23. The van der Waals surface area contributed by atoms with Gasteiger partial charge in [-0.3, -0.25) is 4.98 Å². The van der Waals surface area contributed by atoms with E-state index in [4.69, 9.17) is 10.5 Å². The zero-order chi connectivity index (χ0) is 12.6. The monoisotopic (exact) mass is 260 g/mol. The van der Waals surface area contributed by atoms with Gasteiger partial charge in [-0.1, -0.05) is 12.1 Å². The van der Waals surface area contributed by atoms with Crippen LogP contribution in [0, 0.1) is 0 Å². The first kappa shape index (κ1) is 12.9. The van der Waals surface area contributed by atoms with Gasteiger partial charge in [0.25, 0.3) is 0 Å². The van der Waals surface area contributed by atoms with Crippen LogP contribution in [-0.4, -0.2) is 17.3 Å². The molecule has 2 aromatic rings. The van der Waals surface area contributed by atoms with Gasteiger partial charge in [0.1, 0.15) is 5.75 Å². The average molecular weight is 260 g/mol. The van der Waals surface area contributed by atoms with E-state index in [1.807, 2.05) is 36.4 Å². The van der Waals surface area contributed by atoms with Crippen LogP contribution >= 0.6 is 11.8 Å². The Bertz CT molecular complexity index is 476. The molecule has 0 aliphatic heterocycles. The topological polar surface area (TPSA) is 48.1 Å². The Morgan fingerprint density at radius 1 is 1.17 bits per heavy atom. The fourth-order valence-corrected chi connectivity index (χ4v) is 2.23. The van der Waals surface area contributed by atoms with Crippen molar-refractivity contribution in [2.45, 2.75) is 11.4 Å². The quantitative estimate of drug-likeness (QED) is 0.641. The summed E-state index contributed by atoms with van der Waals surface area (Å²) in [5.74, 6) is 1.80. The van der Waals surface area contributed by atoms with Crippen molar-refractivity contribution >= 4 is 11.8 Å². The minimum Gasteiger partial charge on any atom is -0.493 e. The molecule has 0 amide bonds. The molecule has 0 radical (unpaired) electrons. The third-order valence-electron chi connectivity index (χ3n) is 2.40. The van der Waals surface area contributed by atoms with E-state index in [9.17, 15) is 0 Å². The number of aromatic nitrogens is 1. The van der Waals surface area contributed by atoms with Crippen molar-refractivity contribution in [2.24, 2.45) is 5.73 Å². The highest BCUT2D eigenvalue weighted by atomic mass is 32.2. The van der Waals surface area contributed by atoms with E-state index >= 15 is 0 Å². The normalized spacial score (nSPS) is 10.3. The van der Waals surface area contributed by atoms with Crippen molar-refractivity contribution in [3.05, 3.63) is 54.4 Å². The number of thioether (sulfide) groups is 1. The molecule has 2 rings (SSSR count). The molecule has 0 fully saturated rings. The molecule has 3 nitrogen and oxygen atoms in total. The molecule has 4 heteroatoms. The Morgan fingerprint density at radius 3 is 2.78 bits per heavy atom. The molecule has 0 saturated carbocycles. The zero-order valence-corrected chi connectivity index (χ0v) is 10.9. The van der Waals surface area contributed by atoms with Crippen molar-refractivity contribution in [3.8, 4) is 5.75 Å². The Labute approximate surface area is 111 Å². The van der Waals surface area contributed by atoms with E-state index in [0.29, 0.717) is 13.2 Å². The summed E-state index contributed by atoms with van der Waals surface area (Å²) in [5, 5.41) is 0. The van der Waals surface area contributed by atoms with E-state index in [1.54, 1.807) is 24.2 Å². The Hall–Kier alpha value is -1.52. The third kappa shape index (κ3) is 4.05. The zero-order valence-electron chi connectivity index (χ0n) is 10.1. The van der Waals surface area contributed by atoms with Crippen molar-refractivity contribution in [3.63, 3.8) is 0 Å². The van der Waals surface area contributed by atoms with E-state index in [2.05, 4.69) is 4.98 Å². The largest absolute Gasteiger partial charge is 0.493 e. The first-order valence-electron chi connectivity index (χ1n) is 5.83. The van der Waals surface area contributed by atoms with Gasteiger partial charge >= 0.3 is 0 Å². The maximum atomic E-state index is 5.68. The SMILES string of the molecule is NCc1cccc(OCCSc2ccncc2)c1. The Morgan fingerprint density at radius 2 is 2.00 bits per heavy atom. The Balaban J connectivity index is 1.75. The minimum atomic E-state index is 0.545. The van der Waals surface area contributed by atoms with Gasteiger partial charge in [-0.05, 0) is 29.8 Å². The number of nitrogens with zero attached hydrogens (tertiary/aromatic N) is 1. The number of benzene rings is 1.